The zero-order valence-corrected chi connectivity index (χ0v) is 11.6. The Hall–Kier alpha value is -2.05. The van der Waals surface area contributed by atoms with E-state index in [2.05, 4.69) is 11.1 Å². The Morgan fingerprint density at radius 3 is 2.47 bits per heavy atom. The SMILES string of the molecule is CCc1c(C)nc(N)c(C#N)c1-c1ccc(Cl)cc1. The largest absolute Gasteiger partial charge is 0.383 e. The summed E-state index contributed by atoms with van der Waals surface area (Å²) in [5.74, 6) is 0.280. The summed E-state index contributed by atoms with van der Waals surface area (Å²) >= 11 is 5.91. The third-order valence-electron chi connectivity index (χ3n) is 3.13. The second kappa shape index (κ2) is 5.29. The number of anilines is 1. The molecule has 1 aromatic carbocycles. The summed E-state index contributed by atoms with van der Waals surface area (Å²) in [5.41, 5.74) is 10.0. The fraction of sp³-hybridized carbons (Fsp3) is 0.200. The second-order valence-electron chi connectivity index (χ2n) is 4.28. The third kappa shape index (κ3) is 2.40. The molecular weight excluding hydrogens is 258 g/mol. The van der Waals surface area contributed by atoms with Crippen LogP contribution in [0.25, 0.3) is 11.1 Å². The van der Waals surface area contributed by atoms with Crippen LogP contribution < -0.4 is 5.73 Å². The average molecular weight is 272 g/mol. The van der Waals surface area contributed by atoms with Crippen molar-refractivity contribution in [2.45, 2.75) is 20.3 Å². The Balaban J connectivity index is 2.80. The topological polar surface area (TPSA) is 62.7 Å². The van der Waals surface area contributed by atoms with Crippen molar-refractivity contribution < 1.29 is 0 Å². The summed E-state index contributed by atoms with van der Waals surface area (Å²) in [5, 5.41) is 10.00. The number of nitrogens with zero attached hydrogens (tertiary/aromatic N) is 2. The molecule has 19 heavy (non-hydrogen) atoms. The summed E-state index contributed by atoms with van der Waals surface area (Å²) in [4.78, 5) is 4.25. The van der Waals surface area contributed by atoms with Crippen molar-refractivity contribution in [2.75, 3.05) is 5.73 Å². The van der Waals surface area contributed by atoms with Crippen molar-refractivity contribution in [1.82, 2.24) is 4.98 Å². The van der Waals surface area contributed by atoms with Gasteiger partial charge in [0, 0.05) is 16.3 Å². The van der Waals surface area contributed by atoms with E-state index in [4.69, 9.17) is 17.3 Å². The molecule has 96 valence electrons. The van der Waals surface area contributed by atoms with Gasteiger partial charge in [0.1, 0.15) is 17.5 Å². The van der Waals surface area contributed by atoms with Gasteiger partial charge in [0.2, 0.25) is 0 Å². The van der Waals surface area contributed by atoms with E-state index >= 15 is 0 Å². The molecule has 0 radical (unpaired) electrons. The molecule has 0 spiro atoms. The zero-order valence-electron chi connectivity index (χ0n) is 10.9. The van der Waals surface area contributed by atoms with Crippen LogP contribution in [0.4, 0.5) is 5.82 Å². The highest BCUT2D eigenvalue weighted by Crippen LogP contribution is 2.32. The normalized spacial score (nSPS) is 10.2. The monoisotopic (exact) mass is 271 g/mol. The molecule has 0 aliphatic rings. The Morgan fingerprint density at radius 2 is 1.95 bits per heavy atom. The highest BCUT2D eigenvalue weighted by atomic mass is 35.5. The molecule has 3 nitrogen and oxygen atoms in total. The van der Waals surface area contributed by atoms with Crippen LogP contribution in [-0.4, -0.2) is 4.98 Å². The number of aryl methyl sites for hydroxylation is 1. The van der Waals surface area contributed by atoms with E-state index in [9.17, 15) is 5.26 Å². The summed E-state index contributed by atoms with van der Waals surface area (Å²) < 4.78 is 0. The number of aromatic nitrogens is 1. The van der Waals surface area contributed by atoms with Crippen molar-refractivity contribution in [3.05, 3.63) is 46.1 Å². The average Bonchev–Trinajstić information content (AvgIpc) is 2.39. The predicted octanol–water partition coefficient (Wildman–Crippen LogP) is 3.73. The van der Waals surface area contributed by atoms with E-state index in [1.807, 2.05) is 38.1 Å². The van der Waals surface area contributed by atoms with Gasteiger partial charge >= 0.3 is 0 Å². The summed E-state index contributed by atoms with van der Waals surface area (Å²) in [6.07, 6.45) is 0.797. The first-order chi connectivity index (χ1) is 9.08. The smallest absolute Gasteiger partial charge is 0.142 e. The molecule has 0 atom stereocenters. The number of hydrogen-bond donors (Lipinski definition) is 1. The molecule has 1 heterocycles. The molecule has 2 rings (SSSR count). The maximum absolute atomic E-state index is 9.33. The van der Waals surface area contributed by atoms with Crippen molar-refractivity contribution in [2.24, 2.45) is 0 Å². The number of halogens is 1. The maximum Gasteiger partial charge on any atom is 0.142 e. The van der Waals surface area contributed by atoms with Gasteiger partial charge in [0.15, 0.2) is 0 Å². The van der Waals surface area contributed by atoms with Crippen LogP contribution >= 0.6 is 11.6 Å². The number of rotatable bonds is 2. The second-order valence-corrected chi connectivity index (χ2v) is 4.72. The Kier molecular flexibility index (Phi) is 3.73. The Labute approximate surface area is 117 Å². The van der Waals surface area contributed by atoms with Gasteiger partial charge in [-0.25, -0.2) is 4.98 Å². The van der Waals surface area contributed by atoms with Gasteiger partial charge in [-0.3, -0.25) is 0 Å². The minimum atomic E-state index is 0.280. The first kappa shape index (κ1) is 13.4. The van der Waals surface area contributed by atoms with Crippen LogP contribution in [0, 0.1) is 18.3 Å². The zero-order chi connectivity index (χ0) is 14.0. The van der Waals surface area contributed by atoms with Gasteiger partial charge in [-0.2, -0.15) is 5.26 Å². The van der Waals surface area contributed by atoms with Crippen molar-refractivity contribution in [1.29, 1.82) is 5.26 Å². The molecule has 0 unspecified atom stereocenters. The van der Waals surface area contributed by atoms with E-state index in [1.165, 1.54) is 0 Å². The van der Waals surface area contributed by atoms with Gasteiger partial charge in [-0.1, -0.05) is 30.7 Å². The molecule has 1 aromatic heterocycles. The number of nitrogens with two attached hydrogens (primary N) is 1. The Bertz CT molecular complexity index is 655. The van der Waals surface area contributed by atoms with E-state index < -0.39 is 0 Å². The van der Waals surface area contributed by atoms with Crippen LogP contribution in [-0.2, 0) is 6.42 Å². The highest BCUT2D eigenvalue weighted by Gasteiger charge is 2.16. The lowest BCUT2D eigenvalue weighted by Crippen LogP contribution is -2.04. The minimum absolute atomic E-state index is 0.280. The molecule has 0 saturated carbocycles. The number of nitrogen functional groups attached to an aromatic ring is 1. The van der Waals surface area contributed by atoms with E-state index in [1.54, 1.807) is 0 Å². The molecule has 0 bridgehead atoms. The van der Waals surface area contributed by atoms with Crippen molar-refractivity contribution in [3.63, 3.8) is 0 Å². The molecule has 0 fully saturated rings. The molecule has 0 amide bonds. The van der Waals surface area contributed by atoms with Gasteiger partial charge < -0.3 is 5.73 Å². The van der Waals surface area contributed by atoms with E-state index in [0.29, 0.717) is 10.6 Å². The van der Waals surface area contributed by atoms with Crippen LogP contribution in [0.3, 0.4) is 0 Å². The van der Waals surface area contributed by atoms with Gasteiger partial charge in [-0.15, -0.1) is 0 Å². The van der Waals surface area contributed by atoms with Gasteiger partial charge in [0.05, 0.1) is 0 Å². The Morgan fingerprint density at radius 1 is 1.32 bits per heavy atom. The van der Waals surface area contributed by atoms with E-state index in [-0.39, 0.29) is 5.82 Å². The fourth-order valence-corrected chi connectivity index (χ4v) is 2.37. The highest BCUT2D eigenvalue weighted by molar-refractivity contribution is 6.30. The maximum atomic E-state index is 9.33. The quantitative estimate of drug-likeness (QED) is 0.905. The first-order valence-electron chi connectivity index (χ1n) is 6.03. The van der Waals surface area contributed by atoms with Gasteiger partial charge in [-0.05, 0) is 36.6 Å². The van der Waals surface area contributed by atoms with Crippen molar-refractivity contribution >= 4 is 17.4 Å². The van der Waals surface area contributed by atoms with Crippen LogP contribution in [0.2, 0.25) is 5.02 Å². The molecule has 0 aliphatic carbocycles. The lowest BCUT2D eigenvalue weighted by Gasteiger charge is -2.14. The number of pyridine rings is 1. The molecule has 2 N–H and O–H groups in total. The molecule has 0 saturated heterocycles. The third-order valence-corrected chi connectivity index (χ3v) is 3.38. The first-order valence-corrected chi connectivity index (χ1v) is 6.41. The van der Waals surface area contributed by atoms with Crippen molar-refractivity contribution in [3.8, 4) is 17.2 Å². The lowest BCUT2D eigenvalue weighted by atomic mass is 9.93. The minimum Gasteiger partial charge on any atom is -0.383 e. The molecular formula is C15H14ClN3. The molecule has 2 aromatic rings. The summed E-state index contributed by atoms with van der Waals surface area (Å²) in [6, 6.07) is 9.58. The van der Waals surface area contributed by atoms with E-state index in [0.717, 1.165) is 28.8 Å². The molecule has 0 aliphatic heterocycles. The summed E-state index contributed by atoms with van der Waals surface area (Å²) in [6.45, 7) is 3.95. The van der Waals surface area contributed by atoms with Crippen LogP contribution in [0.15, 0.2) is 24.3 Å². The fourth-order valence-electron chi connectivity index (χ4n) is 2.24. The van der Waals surface area contributed by atoms with Gasteiger partial charge in [0.25, 0.3) is 0 Å². The standard InChI is InChI=1S/C15H14ClN3/c1-3-12-9(2)19-15(18)13(8-17)14(12)10-4-6-11(16)7-5-10/h4-7H,3H2,1-2H3,(H2,18,19). The number of nitriles is 1. The predicted molar refractivity (Wildman–Crippen MR) is 77.9 cm³/mol. The lowest BCUT2D eigenvalue weighted by molar-refractivity contribution is 1.05. The number of hydrogen-bond acceptors (Lipinski definition) is 3. The van der Waals surface area contributed by atoms with Crippen LogP contribution in [0.1, 0.15) is 23.7 Å². The number of benzene rings is 1. The summed E-state index contributed by atoms with van der Waals surface area (Å²) in [7, 11) is 0. The van der Waals surface area contributed by atoms with Crippen LogP contribution in [0.5, 0.6) is 0 Å². The molecule has 4 heteroatoms.